The smallest absolute Gasteiger partial charge is 0.391 e. The molecule has 5 N–H and O–H groups in total. The van der Waals surface area contributed by atoms with E-state index in [9.17, 15) is 22.4 Å². The van der Waals surface area contributed by atoms with Crippen LogP contribution in [0.1, 0.15) is 36.0 Å². The fourth-order valence-electron chi connectivity index (χ4n) is 2.61. The van der Waals surface area contributed by atoms with E-state index in [1.807, 2.05) is 0 Å². The first kappa shape index (κ1) is 16.4. The first-order valence-corrected chi connectivity index (χ1v) is 6.90. The Morgan fingerprint density at radius 1 is 1.09 bits per heavy atom. The van der Waals surface area contributed by atoms with Crippen LogP contribution in [0.2, 0.25) is 0 Å². The Labute approximate surface area is 124 Å². The second-order valence-corrected chi connectivity index (χ2v) is 5.52. The highest BCUT2D eigenvalue weighted by Gasteiger charge is 2.41. The Kier molecular flexibility index (Phi) is 4.48. The molecule has 1 aromatic rings. The second kappa shape index (κ2) is 6.02. The molecule has 1 fully saturated rings. The quantitative estimate of drug-likeness (QED) is 0.579. The summed E-state index contributed by atoms with van der Waals surface area (Å²) in [6, 6.07) is 1.68. The number of nitrogen functional groups attached to an aromatic ring is 2. The van der Waals surface area contributed by atoms with E-state index in [1.165, 1.54) is 0 Å². The lowest BCUT2D eigenvalue weighted by Crippen LogP contribution is -2.40. The fraction of sp³-hybridized carbons (Fsp3) is 0.500. The molecule has 0 unspecified atom stereocenters. The number of halogens is 4. The summed E-state index contributed by atoms with van der Waals surface area (Å²) in [5.41, 5.74) is 10.8. The first-order valence-electron chi connectivity index (χ1n) is 6.90. The number of benzene rings is 1. The van der Waals surface area contributed by atoms with Crippen LogP contribution in [0.3, 0.4) is 0 Å². The van der Waals surface area contributed by atoms with Crippen molar-refractivity contribution in [3.8, 4) is 0 Å². The van der Waals surface area contributed by atoms with Crippen molar-refractivity contribution in [3.63, 3.8) is 0 Å². The molecule has 4 nitrogen and oxygen atoms in total. The Morgan fingerprint density at radius 3 is 2.18 bits per heavy atom. The number of anilines is 2. The summed E-state index contributed by atoms with van der Waals surface area (Å²) in [5.74, 6) is -2.84. The molecule has 2 rings (SSSR count). The Hall–Kier alpha value is -1.99. The van der Waals surface area contributed by atoms with Crippen LogP contribution in [-0.2, 0) is 0 Å². The number of hydrogen-bond acceptors (Lipinski definition) is 3. The third-order valence-corrected chi connectivity index (χ3v) is 3.94. The SMILES string of the molecule is Nc1cc(F)c(C(=O)NC2CCC(C(F)(F)F)CC2)cc1N. The largest absolute Gasteiger partial charge is 0.397 e. The van der Waals surface area contributed by atoms with Crippen molar-refractivity contribution in [3.05, 3.63) is 23.5 Å². The maximum Gasteiger partial charge on any atom is 0.391 e. The van der Waals surface area contributed by atoms with Crippen molar-refractivity contribution in [1.29, 1.82) is 0 Å². The number of rotatable bonds is 2. The lowest BCUT2D eigenvalue weighted by atomic mass is 9.85. The zero-order valence-electron chi connectivity index (χ0n) is 11.7. The van der Waals surface area contributed by atoms with Crippen LogP contribution in [0.5, 0.6) is 0 Å². The van der Waals surface area contributed by atoms with Crippen molar-refractivity contribution in [1.82, 2.24) is 5.32 Å². The average molecular weight is 319 g/mol. The van der Waals surface area contributed by atoms with Crippen molar-refractivity contribution in [2.75, 3.05) is 11.5 Å². The van der Waals surface area contributed by atoms with Gasteiger partial charge >= 0.3 is 6.18 Å². The van der Waals surface area contributed by atoms with E-state index >= 15 is 0 Å². The van der Waals surface area contributed by atoms with E-state index < -0.39 is 29.9 Å². The topological polar surface area (TPSA) is 81.1 Å². The number of nitrogens with one attached hydrogen (secondary N) is 1. The highest BCUT2D eigenvalue weighted by atomic mass is 19.4. The molecule has 0 atom stereocenters. The van der Waals surface area contributed by atoms with Gasteiger partial charge < -0.3 is 16.8 Å². The summed E-state index contributed by atoms with van der Waals surface area (Å²) in [4.78, 5) is 12.0. The zero-order valence-corrected chi connectivity index (χ0v) is 11.7. The van der Waals surface area contributed by atoms with Gasteiger partial charge in [0.05, 0.1) is 22.9 Å². The third-order valence-electron chi connectivity index (χ3n) is 3.94. The summed E-state index contributed by atoms with van der Waals surface area (Å²) in [6.07, 6.45) is -3.86. The van der Waals surface area contributed by atoms with E-state index in [1.54, 1.807) is 0 Å². The van der Waals surface area contributed by atoms with Crippen molar-refractivity contribution in [2.24, 2.45) is 5.92 Å². The van der Waals surface area contributed by atoms with Crippen molar-refractivity contribution >= 4 is 17.3 Å². The summed E-state index contributed by atoms with van der Waals surface area (Å²) >= 11 is 0. The highest BCUT2D eigenvalue weighted by molar-refractivity contribution is 5.96. The maximum absolute atomic E-state index is 13.7. The maximum atomic E-state index is 13.7. The number of amides is 1. The lowest BCUT2D eigenvalue weighted by Gasteiger charge is -2.30. The van der Waals surface area contributed by atoms with E-state index in [0.29, 0.717) is 0 Å². The molecular weight excluding hydrogens is 302 g/mol. The molecule has 0 bridgehead atoms. The molecule has 0 radical (unpaired) electrons. The molecule has 0 spiro atoms. The van der Waals surface area contributed by atoms with Gasteiger partial charge in [0.2, 0.25) is 0 Å². The minimum absolute atomic E-state index is 0.0275. The molecule has 1 aromatic carbocycles. The van der Waals surface area contributed by atoms with Gasteiger partial charge in [0.1, 0.15) is 5.82 Å². The monoisotopic (exact) mass is 319 g/mol. The molecule has 1 aliphatic rings. The molecule has 1 saturated carbocycles. The van der Waals surface area contributed by atoms with Crippen LogP contribution in [0.4, 0.5) is 28.9 Å². The van der Waals surface area contributed by atoms with E-state index in [-0.39, 0.29) is 42.6 Å². The Morgan fingerprint density at radius 2 is 1.64 bits per heavy atom. The van der Waals surface area contributed by atoms with Gasteiger partial charge in [-0.15, -0.1) is 0 Å². The minimum atomic E-state index is -4.20. The summed E-state index contributed by atoms with van der Waals surface area (Å²) < 4.78 is 51.4. The minimum Gasteiger partial charge on any atom is -0.397 e. The molecule has 22 heavy (non-hydrogen) atoms. The van der Waals surface area contributed by atoms with Crippen LogP contribution in [0, 0.1) is 11.7 Å². The number of alkyl halides is 3. The zero-order chi connectivity index (χ0) is 16.5. The third kappa shape index (κ3) is 3.61. The Balaban J connectivity index is 1.98. The van der Waals surface area contributed by atoms with Gasteiger partial charge in [-0.25, -0.2) is 4.39 Å². The standard InChI is InChI=1S/C14H17F4N3O/c15-10-6-12(20)11(19)5-9(10)13(22)21-8-3-1-7(2-4-8)14(16,17)18/h5-8H,1-4,19-20H2,(H,21,22). The number of hydrogen-bond donors (Lipinski definition) is 3. The predicted molar refractivity (Wildman–Crippen MR) is 74.5 cm³/mol. The van der Waals surface area contributed by atoms with Gasteiger partial charge in [-0.05, 0) is 37.8 Å². The summed E-state index contributed by atoms with van der Waals surface area (Å²) in [6.45, 7) is 0. The van der Waals surface area contributed by atoms with Gasteiger partial charge in [-0.3, -0.25) is 4.79 Å². The molecular formula is C14H17F4N3O. The molecule has 0 saturated heterocycles. The predicted octanol–water partition coefficient (Wildman–Crippen LogP) is 2.84. The first-order chi connectivity index (χ1) is 10.2. The number of carbonyl (C=O) groups is 1. The van der Waals surface area contributed by atoms with Crippen molar-refractivity contribution < 1.29 is 22.4 Å². The van der Waals surface area contributed by atoms with Crippen molar-refractivity contribution in [2.45, 2.75) is 37.9 Å². The summed E-state index contributed by atoms with van der Waals surface area (Å²) in [7, 11) is 0. The van der Waals surface area contributed by atoms with E-state index in [4.69, 9.17) is 11.5 Å². The van der Waals surface area contributed by atoms with E-state index in [2.05, 4.69) is 5.32 Å². The molecule has 0 aliphatic heterocycles. The summed E-state index contributed by atoms with van der Waals surface area (Å²) in [5, 5.41) is 2.55. The van der Waals surface area contributed by atoms with Crippen LogP contribution in [-0.4, -0.2) is 18.1 Å². The molecule has 0 aromatic heterocycles. The van der Waals surface area contributed by atoms with Crippen LogP contribution >= 0.6 is 0 Å². The molecule has 1 amide bonds. The normalized spacial score (nSPS) is 22.4. The number of carbonyl (C=O) groups excluding carboxylic acids is 1. The fourth-order valence-corrected chi connectivity index (χ4v) is 2.61. The Bertz CT molecular complexity index is 566. The van der Waals surface area contributed by atoms with Gasteiger partial charge in [0, 0.05) is 6.04 Å². The van der Waals surface area contributed by atoms with E-state index in [0.717, 1.165) is 12.1 Å². The van der Waals surface area contributed by atoms with Crippen LogP contribution in [0.15, 0.2) is 12.1 Å². The molecule has 122 valence electrons. The average Bonchev–Trinajstić information content (AvgIpc) is 2.42. The molecule has 1 aliphatic carbocycles. The van der Waals surface area contributed by atoms with Crippen LogP contribution < -0.4 is 16.8 Å². The van der Waals surface area contributed by atoms with Gasteiger partial charge in [0.15, 0.2) is 0 Å². The van der Waals surface area contributed by atoms with Gasteiger partial charge in [-0.1, -0.05) is 0 Å². The molecule has 8 heteroatoms. The lowest BCUT2D eigenvalue weighted by molar-refractivity contribution is -0.182. The van der Waals surface area contributed by atoms with Gasteiger partial charge in [0.25, 0.3) is 5.91 Å². The van der Waals surface area contributed by atoms with Gasteiger partial charge in [-0.2, -0.15) is 13.2 Å². The highest BCUT2D eigenvalue weighted by Crippen LogP contribution is 2.37. The number of nitrogens with two attached hydrogens (primary N) is 2. The second-order valence-electron chi connectivity index (χ2n) is 5.52. The van der Waals surface area contributed by atoms with Crippen LogP contribution in [0.25, 0.3) is 0 Å². The molecule has 0 heterocycles.